The predicted molar refractivity (Wildman–Crippen MR) is 81.4 cm³/mol. The van der Waals surface area contributed by atoms with E-state index in [0.717, 1.165) is 11.4 Å². The van der Waals surface area contributed by atoms with Crippen LogP contribution in [-0.4, -0.2) is 31.0 Å². The molecule has 0 unspecified atom stereocenters. The van der Waals surface area contributed by atoms with Gasteiger partial charge in [0.15, 0.2) is 0 Å². The Bertz CT molecular complexity index is 521. The van der Waals surface area contributed by atoms with E-state index in [1.807, 2.05) is 38.1 Å². The monoisotopic (exact) mass is 290 g/mol. The number of benzene rings is 1. The molecule has 1 fully saturated rings. The van der Waals surface area contributed by atoms with Gasteiger partial charge in [0.05, 0.1) is 7.11 Å². The summed E-state index contributed by atoms with van der Waals surface area (Å²) in [5.41, 5.74) is -0.00313. The minimum absolute atomic E-state index is 0.0384. The van der Waals surface area contributed by atoms with Crippen molar-refractivity contribution >= 4 is 17.5 Å². The Kier molecular flexibility index (Phi) is 4.50. The number of hydrogen-bond acceptors (Lipinski definition) is 3. The summed E-state index contributed by atoms with van der Waals surface area (Å²) in [5.74, 6) is 0.638. The molecule has 5 nitrogen and oxygen atoms in total. The molecule has 1 saturated heterocycles. The van der Waals surface area contributed by atoms with Crippen LogP contribution in [0, 0.1) is 0 Å². The topological polar surface area (TPSA) is 58.6 Å². The van der Waals surface area contributed by atoms with Crippen LogP contribution in [-0.2, 0) is 9.59 Å². The molecule has 114 valence electrons. The molecule has 1 aliphatic heterocycles. The first-order valence-electron chi connectivity index (χ1n) is 7.33. The van der Waals surface area contributed by atoms with Crippen molar-refractivity contribution in [2.45, 2.75) is 38.6 Å². The second-order valence-electron chi connectivity index (χ2n) is 5.24. The van der Waals surface area contributed by atoms with Crippen molar-refractivity contribution in [3.63, 3.8) is 0 Å². The SMILES string of the molecule is CCC1(CC)NC(=O)CCN(c2ccc(OC)cc2)C1=O. The molecule has 0 bridgehead atoms. The van der Waals surface area contributed by atoms with Crippen molar-refractivity contribution in [2.24, 2.45) is 0 Å². The largest absolute Gasteiger partial charge is 0.497 e. The lowest BCUT2D eigenvalue weighted by atomic mass is 9.91. The molecule has 2 amide bonds. The Morgan fingerprint density at radius 3 is 2.33 bits per heavy atom. The molecule has 0 spiro atoms. The average Bonchev–Trinajstić information content (AvgIpc) is 2.65. The molecule has 0 aromatic heterocycles. The molecule has 1 heterocycles. The van der Waals surface area contributed by atoms with Crippen molar-refractivity contribution in [3.05, 3.63) is 24.3 Å². The lowest BCUT2D eigenvalue weighted by Crippen LogP contribution is -2.56. The van der Waals surface area contributed by atoms with Crippen LogP contribution < -0.4 is 15.0 Å². The third-order valence-electron chi connectivity index (χ3n) is 4.19. The molecule has 0 atom stereocenters. The van der Waals surface area contributed by atoms with Crippen molar-refractivity contribution in [3.8, 4) is 5.75 Å². The highest BCUT2D eigenvalue weighted by Gasteiger charge is 2.42. The Morgan fingerprint density at radius 2 is 1.81 bits per heavy atom. The number of methoxy groups -OCH3 is 1. The van der Waals surface area contributed by atoms with Crippen molar-refractivity contribution in [1.29, 1.82) is 0 Å². The van der Waals surface area contributed by atoms with Gasteiger partial charge in [-0.15, -0.1) is 0 Å². The summed E-state index contributed by atoms with van der Waals surface area (Å²) in [4.78, 5) is 26.5. The molecule has 1 aromatic carbocycles. The van der Waals surface area contributed by atoms with Crippen molar-refractivity contribution in [2.75, 3.05) is 18.6 Å². The van der Waals surface area contributed by atoms with Gasteiger partial charge in [-0.3, -0.25) is 9.59 Å². The van der Waals surface area contributed by atoms with E-state index in [4.69, 9.17) is 4.74 Å². The van der Waals surface area contributed by atoms with Gasteiger partial charge in [-0.25, -0.2) is 0 Å². The predicted octanol–water partition coefficient (Wildman–Crippen LogP) is 2.11. The van der Waals surface area contributed by atoms with Crippen LogP contribution in [0.5, 0.6) is 5.75 Å². The summed E-state index contributed by atoms with van der Waals surface area (Å²) < 4.78 is 5.14. The number of amides is 2. The van der Waals surface area contributed by atoms with E-state index in [1.165, 1.54) is 0 Å². The summed E-state index contributed by atoms with van der Waals surface area (Å²) in [6, 6.07) is 7.34. The summed E-state index contributed by atoms with van der Waals surface area (Å²) in [7, 11) is 1.61. The van der Waals surface area contributed by atoms with Crippen LogP contribution in [0.1, 0.15) is 33.1 Å². The summed E-state index contributed by atoms with van der Waals surface area (Å²) >= 11 is 0. The number of rotatable bonds is 4. The maximum absolute atomic E-state index is 12.9. The maximum atomic E-state index is 12.9. The molecule has 0 aliphatic carbocycles. The number of carbonyl (C=O) groups is 2. The molecule has 2 rings (SSSR count). The van der Waals surface area contributed by atoms with Gasteiger partial charge < -0.3 is 15.0 Å². The zero-order chi connectivity index (χ0) is 15.5. The Balaban J connectivity index is 2.36. The minimum Gasteiger partial charge on any atom is -0.497 e. The van der Waals surface area contributed by atoms with Gasteiger partial charge >= 0.3 is 0 Å². The molecule has 0 saturated carbocycles. The second-order valence-corrected chi connectivity index (χ2v) is 5.24. The number of hydrogen-bond donors (Lipinski definition) is 1. The van der Waals surface area contributed by atoms with E-state index in [-0.39, 0.29) is 11.8 Å². The quantitative estimate of drug-likeness (QED) is 0.924. The van der Waals surface area contributed by atoms with Crippen LogP contribution in [0.15, 0.2) is 24.3 Å². The molecule has 1 aromatic rings. The first-order chi connectivity index (χ1) is 10.1. The number of carbonyl (C=O) groups excluding carboxylic acids is 2. The van der Waals surface area contributed by atoms with Gasteiger partial charge in [-0.2, -0.15) is 0 Å². The van der Waals surface area contributed by atoms with E-state index in [1.54, 1.807) is 12.0 Å². The van der Waals surface area contributed by atoms with Crippen molar-refractivity contribution < 1.29 is 14.3 Å². The van der Waals surface area contributed by atoms with Crippen LogP contribution in [0.2, 0.25) is 0 Å². The highest BCUT2D eigenvalue weighted by atomic mass is 16.5. The third-order valence-corrected chi connectivity index (χ3v) is 4.19. The molecular weight excluding hydrogens is 268 g/mol. The van der Waals surface area contributed by atoms with Crippen LogP contribution >= 0.6 is 0 Å². The standard InChI is InChI=1S/C16H22N2O3/c1-4-16(5-2)15(20)18(11-10-14(19)17-16)12-6-8-13(21-3)9-7-12/h6-9H,4-5,10-11H2,1-3H3,(H,17,19). The first kappa shape index (κ1) is 15.4. The molecule has 5 heteroatoms. The molecule has 1 aliphatic rings. The lowest BCUT2D eigenvalue weighted by Gasteiger charge is -2.33. The highest BCUT2D eigenvalue weighted by Crippen LogP contribution is 2.27. The van der Waals surface area contributed by atoms with E-state index < -0.39 is 5.54 Å². The van der Waals surface area contributed by atoms with E-state index in [0.29, 0.717) is 25.8 Å². The van der Waals surface area contributed by atoms with Crippen LogP contribution in [0.4, 0.5) is 5.69 Å². The highest BCUT2D eigenvalue weighted by molar-refractivity contribution is 6.04. The maximum Gasteiger partial charge on any atom is 0.252 e. The molecule has 0 radical (unpaired) electrons. The van der Waals surface area contributed by atoms with Gasteiger partial charge in [0, 0.05) is 18.7 Å². The zero-order valence-electron chi connectivity index (χ0n) is 12.8. The van der Waals surface area contributed by atoms with Gasteiger partial charge in [-0.05, 0) is 37.1 Å². The molecule has 21 heavy (non-hydrogen) atoms. The minimum atomic E-state index is -0.798. The summed E-state index contributed by atoms with van der Waals surface area (Å²) in [6.45, 7) is 4.26. The fraction of sp³-hybridized carbons (Fsp3) is 0.500. The molecule has 1 N–H and O–H groups in total. The van der Waals surface area contributed by atoms with Gasteiger partial charge in [-0.1, -0.05) is 13.8 Å². The van der Waals surface area contributed by atoms with Crippen molar-refractivity contribution in [1.82, 2.24) is 5.32 Å². The number of nitrogens with zero attached hydrogens (tertiary/aromatic N) is 1. The smallest absolute Gasteiger partial charge is 0.252 e. The van der Waals surface area contributed by atoms with Crippen LogP contribution in [0.3, 0.4) is 0 Å². The number of ether oxygens (including phenoxy) is 1. The fourth-order valence-corrected chi connectivity index (χ4v) is 2.69. The Morgan fingerprint density at radius 1 is 1.19 bits per heavy atom. The van der Waals surface area contributed by atoms with Gasteiger partial charge in [0.2, 0.25) is 5.91 Å². The first-order valence-corrected chi connectivity index (χ1v) is 7.33. The third kappa shape index (κ3) is 2.86. The number of nitrogens with one attached hydrogen (secondary N) is 1. The lowest BCUT2D eigenvalue weighted by molar-refractivity contribution is -0.130. The average molecular weight is 290 g/mol. The van der Waals surface area contributed by atoms with E-state index >= 15 is 0 Å². The second kappa shape index (κ2) is 6.16. The zero-order valence-corrected chi connectivity index (χ0v) is 12.8. The number of anilines is 1. The normalized spacial score (nSPS) is 18.1. The Hall–Kier alpha value is -2.04. The molecular formula is C16H22N2O3. The fourth-order valence-electron chi connectivity index (χ4n) is 2.69. The van der Waals surface area contributed by atoms with Gasteiger partial charge in [0.25, 0.3) is 5.91 Å². The Labute approximate surface area is 125 Å². The van der Waals surface area contributed by atoms with E-state index in [9.17, 15) is 9.59 Å². The summed E-state index contributed by atoms with van der Waals surface area (Å²) in [6.07, 6.45) is 1.49. The summed E-state index contributed by atoms with van der Waals surface area (Å²) in [5, 5.41) is 2.91. The van der Waals surface area contributed by atoms with Gasteiger partial charge in [0.1, 0.15) is 11.3 Å². The van der Waals surface area contributed by atoms with Crippen LogP contribution in [0.25, 0.3) is 0 Å². The van der Waals surface area contributed by atoms with E-state index in [2.05, 4.69) is 5.32 Å².